The third-order valence-electron chi connectivity index (χ3n) is 4.77. The zero-order valence-electron chi connectivity index (χ0n) is 16.9. The van der Waals surface area contributed by atoms with Gasteiger partial charge in [0.05, 0.1) is 4.90 Å². The third-order valence-corrected chi connectivity index (χ3v) is 6.91. The van der Waals surface area contributed by atoms with Gasteiger partial charge < -0.3 is 4.90 Å². The highest BCUT2D eigenvalue weighted by atomic mass is 32.2. The first kappa shape index (κ1) is 21.4. The van der Waals surface area contributed by atoms with Crippen molar-refractivity contribution < 1.29 is 13.2 Å². The Bertz CT molecular complexity index is 1030. The smallest absolute Gasteiger partial charge is 0.263 e. The van der Waals surface area contributed by atoms with Crippen molar-refractivity contribution in [2.45, 2.75) is 36.2 Å². The van der Waals surface area contributed by atoms with E-state index >= 15 is 0 Å². The number of sulfonamides is 1. The molecule has 2 aromatic rings. The molecule has 0 bridgehead atoms. The molecular weight excluding hydrogens is 406 g/mol. The fourth-order valence-electron chi connectivity index (χ4n) is 3.17. The van der Waals surface area contributed by atoms with Gasteiger partial charge in [0.1, 0.15) is 11.9 Å². The SMILES string of the molecule is CSc1ccc(CN(C)C(=O)[C@@H](N=C2NS(=O)(=O)c3ccccc32)C(C)C)cc1. The Morgan fingerprint density at radius 3 is 2.41 bits per heavy atom. The van der Waals surface area contributed by atoms with Crippen LogP contribution in [0.1, 0.15) is 25.0 Å². The number of benzene rings is 2. The number of rotatable bonds is 6. The lowest BCUT2D eigenvalue weighted by atomic mass is 10.0. The number of amides is 1. The Morgan fingerprint density at radius 1 is 1.14 bits per heavy atom. The van der Waals surface area contributed by atoms with Crippen LogP contribution in [0.2, 0.25) is 0 Å². The molecule has 29 heavy (non-hydrogen) atoms. The van der Waals surface area contributed by atoms with Crippen LogP contribution < -0.4 is 4.72 Å². The molecule has 0 aliphatic carbocycles. The minimum absolute atomic E-state index is 0.0893. The molecule has 1 aliphatic heterocycles. The number of thioether (sulfide) groups is 1. The summed E-state index contributed by atoms with van der Waals surface area (Å²) in [6, 6.07) is 14.1. The lowest BCUT2D eigenvalue weighted by Crippen LogP contribution is -2.39. The summed E-state index contributed by atoms with van der Waals surface area (Å²) in [5.41, 5.74) is 1.53. The summed E-state index contributed by atoms with van der Waals surface area (Å²) in [5, 5.41) is 0. The molecule has 8 heteroatoms. The zero-order valence-corrected chi connectivity index (χ0v) is 18.5. The summed E-state index contributed by atoms with van der Waals surface area (Å²) in [6.45, 7) is 4.27. The molecule has 0 saturated carbocycles. The molecule has 6 nitrogen and oxygen atoms in total. The number of hydrogen-bond donors (Lipinski definition) is 1. The molecule has 1 aliphatic rings. The van der Waals surface area contributed by atoms with Gasteiger partial charge in [0, 0.05) is 24.1 Å². The minimum Gasteiger partial charge on any atom is -0.340 e. The molecule has 0 aromatic heterocycles. The van der Waals surface area contributed by atoms with Gasteiger partial charge in [-0.25, -0.2) is 8.42 Å². The molecule has 0 radical (unpaired) electrons. The van der Waals surface area contributed by atoms with Gasteiger partial charge in [-0.1, -0.05) is 38.1 Å². The average Bonchev–Trinajstić information content (AvgIpc) is 2.96. The van der Waals surface area contributed by atoms with Crippen molar-refractivity contribution in [2.75, 3.05) is 13.3 Å². The molecular formula is C21H25N3O3S2. The summed E-state index contributed by atoms with van der Waals surface area (Å²) in [5.74, 6) is -0.0102. The van der Waals surface area contributed by atoms with Gasteiger partial charge in [-0.2, -0.15) is 0 Å². The number of likely N-dealkylation sites (N-methyl/N-ethyl adjacent to an activating group) is 1. The predicted octanol–water partition coefficient (Wildman–Crippen LogP) is 3.13. The number of hydrogen-bond acceptors (Lipinski definition) is 5. The van der Waals surface area contributed by atoms with Crippen molar-refractivity contribution in [3.05, 3.63) is 59.7 Å². The van der Waals surface area contributed by atoms with E-state index in [0.29, 0.717) is 12.1 Å². The summed E-state index contributed by atoms with van der Waals surface area (Å²) >= 11 is 1.67. The molecule has 1 heterocycles. The highest BCUT2D eigenvalue weighted by Crippen LogP contribution is 2.24. The average molecular weight is 432 g/mol. The Labute approximate surface area is 176 Å². The Balaban J connectivity index is 1.84. The standard InChI is InChI=1S/C21H25N3O3S2/c1-14(2)19(21(25)24(3)13-15-9-11-16(28-4)12-10-15)22-20-17-7-5-6-8-18(17)29(26,27)23-20/h5-12,14,19H,13H2,1-4H3,(H,22,23)/t19-/m0/s1. The highest BCUT2D eigenvalue weighted by Gasteiger charge is 2.33. The minimum atomic E-state index is -3.63. The Hall–Kier alpha value is -2.32. The maximum absolute atomic E-state index is 13.1. The van der Waals surface area contributed by atoms with Crippen LogP contribution in [0.15, 0.2) is 63.3 Å². The quantitative estimate of drug-likeness (QED) is 0.713. The van der Waals surface area contributed by atoms with E-state index in [1.165, 1.54) is 11.0 Å². The number of nitrogens with zero attached hydrogens (tertiary/aromatic N) is 2. The van der Waals surface area contributed by atoms with E-state index in [0.717, 1.165) is 5.56 Å². The fraction of sp³-hybridized carbons (Fsp3) is 0.333. The van der Waals surface area contributed by atoms with Crippen LogP contribution in [-0.4, -0.2) is 44.4 Å². The summed E-state index contributed by atoms with van der Waals surface area (Å²) in [4.78, 5) is 20.6. The van der Waals surface area contributed by atoms with Gasteiger partial charge in [0.25, 0.3) is 10.0 Å². The van der Waals surface area contributed by atoms with Gasteiger partial charge in [0.15, 0.2) is 0 Å². The molecule has 1 atom stereocenters. The normalized spacial score (nSPS) is 17.1. The van der Waals surface area contributed by atoms with Gasteiger partial charge in [-0.05, 0) is 42.0 Å². The number of fused-ring (bicyclic) bond motifs is 1. The van der Waals surface area contributed by atoms with Crippen molar-refractivity contribution >= 4 is 33.5 Å². The molecule has 1 amide bonds. The van der Waals surface area contributed by atoms with Gasteiger partial charge in [0.2, 0.25) is 5.91 Å². The maximum atomic E-state index is 13.1. The number of aliphatic imine (C=N–C) groups is 1. The van der Waals surface area contributed by atoms with E-state index in [1.807, 2.05) is 44.4 Å². The Morgan fingerprint density at radius 2 is 1.79 bits per heavy atom. The maximum Gasteiger partial charge on any atom is 0.263 e. The topological polar surface area (TPSA) is 78.8 Å². The number of carbonyl (C=O) groups excluding carboxylic acids is 1. The molecule has 0 fully saturated rings. The fourth-order valence-corrected chi connectivity index (χ4v) is 4.81. The third kappa shape index (κ3) is 4.64. The lowest BCUT2D eigenvalue weighted by molar-refractivity contribution is -0.132. The summed E-state index contributed by atoms with van der Waals surface area (Å²) in [7, 11) is -1.89. The van der Waals surface area contributed by atoms with E-state index in [9.17, 15) is 13.2 Å². The number of carbonyl (C=O) groups is 1. The molecule has 154 valence electrons. The largest absolute Gasteiger partial charge is 0.340 e. The molecule has 1 N–H and O–H groups in total. The van der Waals surface area contributed by atoms with Crippen LogP contribution in [0.4, 0.5) is 0 Å². The number of amidine groups is 1. The van der Waals surface area contributed by atoms with Crippen LogP contribution in [0.3, 0.4) is 0 Å². The van der Waals surface area contributed by atoms with E-state index in [1.54, 1.807) is 41.9 Å². The second-order valence-electron chi connectivity index (χ2n) is 7.31. The van der Waals surface area contributed by atoms with Gasteiger partial charge in [-0.15, -0.1) is 11.8 Å². The van der Waals surface area contributed by atoms with Gasteiger partial charge in [-0.3, -0.25) is 14.5 Å². The van der Waals surface area contributed by atoms with Crippen LogP contribution in [0, 0.1) is 5.92 Å². The Kier molecular flexibility index (Phi) is 6.33. The summed E-state index contributed by atoms with van der Waals surface area (Å²) < 4.78 is 27.1. The van der Waals surface area contributed by atoms with Gasteiger partial charge >= 0.3 is 0 Å². The monoisotopic (exact) mass is 431 g/mol. The first-order chi connectivity index (χ1) is 13.7. The number of nitrogens with one attached hydrogen (secondary N) is 1. The van der Waals surface area contributed by atoms with Crippen molar-refractivity contribution in [1.82, 2.24) is 9.62 Å². The second kappa shape index (κ2) is 8.59. The second-order valence-corrected chi connectivity index (χ2v) is 9.84. The first-order valence-corrected chi connectivity index (χ1v) is 12.0. The molecule has 0 saturated heterocycles. The molecule has 2 aromatic carbocycles. The van der Waals surface area contributed by atoms with E-state index < -0.39 is 16.1 Å². The van der Waals surface area contributed by atoms with Crippen LogP contribution in [0.5, 0.6) is 0 Å². The highest BCUT2D eigenvalue weighted by molar-refractivity contribution is 7.98. The van der Waals surface area contributed by atoms with Crippen molar-refractivity contribution in [1.29, 1.82) is 0 Å². The molecule has 0 unspecified atom stereocenters. The van der Waals surface area contributed by atoms with Crippen LogP contribution in [-0.2, 0) is 21.4 Å². The van der Waals surface area contributed by atoms with E-state index in [-0.39, 0.29) is 22.6 Å². The zero-order chi connectivity index (χ0) is 21.2. The van der Waals surface area contributed by atoms with Crippen LogP contribution in [0.25, 0.3) is 0 Å². The van der Waals surface area contributed by atoms with E-state index in [4.69, 9.17) is 0 Å². The van der Waals surface area contributed by atoms with Crippen molar-refractivity contribution in [2.24, 2.45) is 10.9 Å². The van der Waals surface area contributed by atoms with E-state index in [2.05, 4.69) is 9.71 Å². The first-order valence-electron chi connectivity index (χ1n) is 9.31. The summed E-state index contributed by atoms with van der Waals surface area (Å²) in [6.07, 6.45) is 2.02. The molecule has 3 rings (SSSR count). The van der Waals surface area contributed by atoms with Crippen molar-refractivity contribution in [3.63, 3.8) is 0 Å². The van der Waals surface area contributed by atoms with Crippen molar-refractivity contribution in [3.8, 4) is 0 Å². The van der Waals surface area contributed by atoms with Crippen LogP contribution >= 0.6 is 11.8 Å². The predicted molar refractivity (Wildman–Crippen MR) is 117 cm³/mol. The lowest BCUT2D eigenvalue weighted by Gasteiger charge is -2.24. The molecule has 0 spiro atoms.